The van der Waals surface area contributed by atoms with Gasteiger partial charge in [0.15, 0.2) is 0 Å². The molecule has 1 aromatic carbocycles. The first-order valence-electron chi connectivity index (χ1n) is 7.14. The van der Waals surface area contributed by atoms with Crippen molar-refractivity contribution in [2.45, 2.75) is 31.3 Å². The maximum atomic E-state index is 6.12. The summed E-state index contributed by atoms with van der Waals surface area (Å²) in [7, 11) is 0. The van der Waals surface area contributed by atoms with Crippen LogP contribution in [-0.2, 0) is 11.2 Å². The van der Waals surface area contributed by atoms with Gasteiger partial charge in [-0.1, -0.05) is 30.3 Å². The fraction of sp³-hybridized carbons (Fsp3) is 0.412. The molecule has 98 valence electrons. The Labute approximate surface area is 118 Å². The molecule has 19 heavy (non-hydrogen) atoms. The van der Waals surface area contributed by atoms with E-state index in [-0.39, 0.29) is 0 Å². The third-order valence-corrected chi connectivity index (χ3v) is 5.61. The summed E-state index contributed by atoms with van der Waals surface area (Å²) in [6.07, 6.45) is 3.98. The number of ether oxygens (including phenoxy) is 1. The summed E-state index contributed by atoms with van der Waals surface area (Å²) < 4.78 is 6.12. The molecule has 0 amide bonds. The first-order valence-corrected chi connectivity index (χ1v) is 8.02. The van der Waals surface area contributed by atoms with Crippen molar-refractivity contribution in [3.8, 4) is 0 Å². The molecule has 0 spiro atoms. The highest BCUT2D eigenvalue weighted by atomic mass is 32.1. The van der Waals surface area contributed by atoms with Crippen LogP contribution in [-0.4, -0.2) is 6.61 Å². The molecular weight excluding hydrogens is 252 g/mol. The van der Waals surface area contributed by atoms with Gasteiger partial charge in [-0.15, -0.1) is 11.3 Å². The zero-order valence-electron chi connectivity index (χ0n) is 10.9. The van der Waals surface area contributed by atoms with Crippen molar-refractivity contribution in [2.75, 3.05) is 6.61 Å². The van der Waals surface area contributed by atoms with Crippen molar-refractivity contribution in [1.29, 1.82) is 0 Å². The van der Waals surface area contributed by atoms with Gasteiger partial charge in [0.1, 0.15) is 0 Å². The predicted octanol–water partition coefficient (Wildman–Crippen LogP) is 4.56. The minimum atomic E-state index is 0.312. The van der Waals surface area contributed by atoms with Gasteiger partial charge in [-0.25, -0.2) is 0 Å². The lowest BCUT2D eigenvalue weighted by atomic mass is 9.71. The second kappa shape index (κ2) is 4.77. The van der Waals surface area contributed by atoms with Crippen LogP contribution >= 0.6 is 11.3 Å². The van der Waals surface area contributed by atoms with E-state index in [1.807, 2.05) is 11.3 Å². The molecule has 1 aromatic heterocycles. The first-order chi connectivity index (χ1) is 9.42. The number of thiophene rings is 1. The van der Waals surface area contributed by atoms with Crippen LogP contribution in [0.3, 0.4) is 0 Å². The summed E-state index contributed by atoms with van der Waals surface area (Å²) in [5.74, 6) is 1.43. The minimum absolute atomic E-state index is 0.312. The Hall–Kier alpha value is -1.12. The van der Waals surface area contributed by atoms with Crippen LogP contribution in [0.5, 0.6) is 0 Å². The maximum Gasteiger partial charge on any atom is 0.0922 e. The van der Waals surface area contributed by atoms with E-state index in [0.29, 0.717) is 12.0 Å². The lowest BCUT2D eigenvalue weighted by molar-refractivity contribution is -0.0322. The maximum absolute atomic E-state index is 6.12. The Bertz CT molecular complexity index is 560. The summed E-state index contributed by atoms with van der Waals surface area (Å²) in [5.41, 5.74) is 3.15. The van der Waals surface area contributed by atoms with E-state index in [2.05, 4.69) is 41.8 Å². The molecule has 0 unspecified atom stereocenters. The van der Waals surface area contributed by atoms with Crippen molar-refractivity contribution in [1.82, 2.24) is 0 Å². The molecule has 4 rings (SSSR count). The Morgan fingerprint density at radius 3 is 2.95 bits per heavy atom. The van der Waals surface area contributed by atoms with Gasteiger partial charge in [0.25, 0.3) is 0 Å². The van der Waals surface area contributed by atoms with Crippen LogP contribution < -0.4 is 0 Å². The molecule has 2 aromatic rings. The molecule has 1 aliphatic carbocycles. The number of hydrogen-bond acceptors (Lipinski definition) is 2. The van der Waals surface area contributed by atoms with E-state index in [1.54, 1.807) is 11.1 Å². The average molecular weight is 270 g/mol. The molecule has 2 heteroatoms. The van der Waals surface area contributed by atoms with Crippen LogP contribution in [0, 0.1) is 5.92 Å². The van der Waals surface area contributed by atoms with Gasteiger partial charge in [-0.2, -0.15) is 0 Å². The molecule has 0 bridgehead atoms. The molecule has 2 heterocycles. The predicted molar refractivity (Wildman–Crippen MR) is 78.6 cm³/mol. The van der Waals surface area contributed by atoms with Crippen molar-refractivity contribution < 1.29 is 4.74 Å². The van der Waals surface area contributed by atoms with E-state index in [0.717, 1.165) is 18.9 Å². The Kier molecular flexibility index (Phi) is 2.93. The Morgan fingerprint density at radius 1 is 1.11 bits per heavy atom. The fourth-order valence-corrected chi connectivity index (χ4v) is 4.44. The largest absolute Gasteiger partial charge is 0.372 e. The smallest absolute Gasteiger partial charge is 0.0922 e. The standard InChI is InChI=1S/C17H18OS/c1-2-5-14-12(4-1)7-8-13-11-18-16(10-15(13)14)17-6-3-9-19-17/h1-6,9,13,15-16H,7-8,10-11H2/t13-,15-,16-/m0/s1. The third-order valence-electron chi connectivity index (χ3n) is 4.65. The van der Waals surface area contributed by atoms with E-state index in [9.17, 15) is 0 Å². The molecule has 0 N–H and O–H groups in total. The van der Waals surface area contributed by atoms with Gasteiger partial charge in [-0.05, 0) is 53.7 Å². The van der Waals surface area contributed by atoms with E-state index >= 15 is 0 Å². The summed E-state index contributed by atoms with van der Waals surface area (Å²) in [6.45, 7) is 0.932. The van der Waals surface area contributed by atoms with E-state index in [4.69, 9.17) is 4.74 Å². The van der Waals surface area contributed by atoms with Gasteiger partial charge >= 0.3 is 0 Å². The van der Waals surface area contributed by atoms with Crippen molar-refractivity contribution >= 4 is 11.3 Å². The number of rotatable bonds is 1. The molecule has 0 radical (unpaired) electrons. The normalized spacial score (nSPS) is 29.6. The molecule has 0 saturated carbocycles. The quantitative estimate of drug-likeness (QED) is 0.738. The average Bonchev–Trinajstić information content (AvgIpc) is 3.01. The SMILES string of the molecule is c1csc([C@@H]2C[C@@H]3c4ccccc4CC[C@H]3CO2)c1. The Balaban J connectivity index is 1.65. The van der Waals surface area contributed by atoms with Crippen LogP contribution in [0.15, 0.2) is 41.8 Å². The van der Waals surface area contributed by atoms with Crippen LogP contribution in [0.1, 0.15) is 40.9 Å². The first kappa shape index (κ1) is 11.7. The monoisotopic (exact) mass is 270 g/mol. The van der Waals surface area contributed by atoms with Crippen molar-refractivity contribution in [3.05, 3.63) is 57.8 Å². The van der Waals surface area contributed by atoms with E-state index < -0.39 is 0 Å². The fourth-order valence-electron chi connectivity index (χ4n) is 3.65. The summed E-state index contributed by atoms with van der Waals surface area (Å²) in [6, 6.07) is 13.4. The number of benzene rings is 1. The minimum Gasteiger partial charge on any atom is -0.372 e. The van der Waals surface area contributed by atoms with Gasteiger partial charge in [0, 0.05) is 4.88 Å². The zero-order chi connectivity index (χ0) is 12.7. The van der Waals surface area contributed by atoms with Gasteiger partial charge in [0.2, 0.25) is 0 Å². The van der Waals surface area contributed by atoms with Gasteiger partial charge < -0.3 is 4.74 Å². The van der Waals surface area contributed by atoms with E-state index in [1.165, 1.54) is 17.7 Å². The highest BCUT2D eigenvalue weighted by Gasteiger charge is 2.36. The number of aryl methyl sites for hydroxylation is 1. The molecule has 3 atom stereocenters. The topological polar surface area (TPSA) is 9.23 Å². The number of hydrogen-bond donors (Lipinski definition) is 0. The van der Waals surface area contributed by atoms with Gasteiger partial charge in [-0.3, -0.25) is 0 Å². The van der Waals surface area contributed by atoms with Crippen LogP contribution in [0.4, 0.5) is 0 Å². The molecule has 1 saturated heterocycles. The molecule has 1 nitrogen and oxygen atoms in total. The highest BCUT2D eigenvalue weighted by molar-refractivity contribution is 7.10. The van der Waals surface area contributed by atoms with Crippen LogP contribution in [0.2, 0.25) is 0 Å². The van der Waals surface area contributed by atoms with Crippen molar-refractivity contribution in [3.63, 3.8) is 0 Å². The lowest BCUT2D eigenvalue weighted by Crippen LogP contribution is -2.31. The Morgan fingerprint density at radius 2 is 2.05 bits per heavy atom. The highest BCUT2D eigenvalue weighted by Crippen LogP contribution is 2.46. The summed E-state index contributed by atoms with van der Waals surface area (Å²) >= 11 is 1.83. The molecule has 1 fully saturated rings. The van der Waals surface area contributed by atoms with Crippen LogP contribution in [0.25, 0.3) is 0 Å². The summed E-state index contributed by atoms with van der Waals surface area (Å²) in [4.78, 5) is 1.39. The molecule has 2 aliphatic rings. The van der Waals surface area contributed by atoms with Gasteiger partial charge in [0.05, 0.1) is 12.7 Å². The lowest BCUT2D eigenvalue weighted by Gasteiger charge is -2.40. The second-order valence-corrected chi connectivity index (χ2v) is 6.66. The molecular formula is C17H18OS. The number of fused-ring (bicyclic) bond motifs is 3. The third kappa shape index (κ3) is 2.03. The zero-order valence-corrected chi connectivity index (χ0v) is 11.7. The second-order valence-electron chi connectivity index (χ2n) is 5.68. The molecule has 1 aliphatic heterocycles. The van der Waals surface area contributed by atoms with Crippen molar-refractivity contribution in [2.24, 2.45) is 5.92 Å². The summed E-state index contributed by atoms with van der Waals surface area (Å²) in [5, 5.41) is 2.15.